The summed E-state index contributed by atoms with van der Waals surface area (Å²) in [4.78, 5) is 11.7. The minimum atomic E-state index is -0.945. The Morgan fingerprint density at radius 1 is 1.65 bits per heavy atom. The highest BCUT2D eigenvalue weighted by molar-refractivity contribution is 6.61. The molecule has 1 aliphatic rings. The molecule has 0 amide bonds. The molecule has 0 atom stereocenters. The van der Waals surface area contributed by atoms with E-state index in [1.807, 2.05) is 0 Å². The molecular formula is C12H13BO4. The van der Waals surface area contributed by atoms with E-state index in [9.17, 15) is 9.82 Å². The molecule has 5 heteroatoms. The largest absolute Gasteiger partial charge is 0.491 e. The molecule has 1 aliphatic heterocycles. The highest BCUT2D eigenvalue weighted by Crippen LogP contribution is 2.12. The average molecular weight is 232 g/mol. The molecule has 0 radical (unpaired) electrons. The third kappa shape index (κ3) is 2.57. The van der Waals surface area contributed by atoms with Gasteiger partial charge in [-0.1, -0.05) is 12.6 Å². The molecule has 1 aromatic carbocycles. The number of hydrogen-bond acceptors (Lipinski definition) is 4. The SMILES string of the molecule is C=C(C)COC(=O)c1ccc2c(c1)B(O)OC2. The first-order chi connectivity index (χ1) is 8.08. The van der Waals surface area contributed by atoms with Crippen molar-refractivity contribution in [2.75, 3.05) is 6.61 Å². The van der Waals surface area contributed by atoms with Gasteiger partial charge in [-0.05, 0) is 35.7 Å². The monoisotopic (exact) mass is 232 g/mol. The van der Waals surface area contributed by atoms with Gasteiger partial charge in [0, 0.05) is 0 Å². The molecule has 2 rings (SSSR count). The van der Waals surface area contributed by atoms with E-state index in [0.29, 0.717) is 17.6 Å². The van der Waals surface area contributed by atoms with Crippen LogP contribution in [0.15, 0.2) is 30.4 Å². The van der Waals surface area contributed by atoms with Crippen LogP contribution in [0.4, 0.5) is 0 Å². The fourth-order valence-corrected chi connectivity index (χ4v) is 1.61. The highest BCUT2D eigenvalue weighted by atomic mass is 16.5. The fourth-order valence-electron chi connectivity index (χ4n) is 1.61. The second-order valence-electron chi connectivity index (χ2n) is 4.11. The van der Waals surface area contributed by atoms with Gasteiger partial charge >= 0.3 is 13.1 Å². The Hall–Kier alpha value is -1.59. The second kappa shape index (κ2) is 4.73. The first-order valence-electron chi connectivity index (χ1n) is 5.32. The van der Waals surface area contributed by atoms with Gasteiger partial charge in [-0.2, -0.15) is 0 Å². The quantitative estimate of drug-likeness (QED) is 0.472. The molecule has 0 spiro atoms. The summed E-state index contributed by atoms with van der Waals surface area (Å²) in [5.74, 6) is -0.421. The number of carbonyl (C=O) groups excluding carboxylic acids is 1. The molecule has 0 bridgehead atoms. The second-order valence-corrected chi connectivity index (χ2v) is 4.11. The maximum Gasteiger partial charge on any atom is 0.491 e. The zero-order valence-corrected chi connectivity index (χ0v) is 9.60. The Morgan fingerprint density at radius 3 is 3.12 bits per heavy atom. The maximum absolute atomic E-state index is 11.7. The van der Waals surface area contributed by atoms with Gasteiger partial charge in [-0.25, -0.2) is 4.79 Å². The van der Waals surface area contributed by atoms with E-state index in [2.05, 4.69) is 6.58 Å². The molecule has 0 fully saturated rings. The van der Waals surface area contributed by atoms with Gasteiger partial charge in [0.25, 0.3) is 0 Å². The Morgan fingerprint density at radius 2 is 2.41 bits per heavy atom. The van der Waals surface area contributed by atoms with E-state index < -0.39 is 13.1 Å². The van der Waals surface area contributed by atoms with Gasteiger partial charge in [0.15, 0.2) is 0 Å². The van der Waals surface area contributed by atoms with Crippen molar-refractivity contribution in [3.63, 3.8) is 0 Å². The molecule has 0 saturated carbocycles. The molecule has 0 aliphatic carbocycles. The van der Waals surface area contributed by atoms with E-state index in [0.717, 1.165) is 11.1 Å². The average Bonchev–Trinajstić information content (AvgIpc) is 2.67. The summed E-state index contributed by atoms with van der Waals surface area (Å²) in [7, 11) is -0.945. The predicted molar refractivity (Wildman–Crippen MR) is 63.9 cm³/mol. The Bertz CT molecular complexity index is 470. The number of ether oxygens (including phenoxy) is 1. The van der Waals surface area contributed by atoms with E-state index in [1.165, 1.54) is 0 Å². The van der Waals surface area contributed by atoms with E-state index in [-0.39, 0.29) is 6.61 Å². The fraction of sp³-hybridized carbons (Fsp3) is 0.250. The number of rotatable bonds is 3. The van der Waals surface area contributed by atoms with Crippen molar-refractivity contribution in [3.8, 4) is 0 Å². The van der Waals surface area contributed by atoms with Gasteiger partial charge in [0.2, 0.25) is 0 Å². The van der Waals surface area contributed by atoms with Crippen molar-refractivity contribution in [1.29, 1.82) is 0 Å². The third-order valence-corrected chi connectivity index (χ3v) is 2.49. The van der Waals surface area contributed by atoms with Crippen LogP contribution in [0.2, 0.25) is 0 Å². The number of carbonyl (C=O) groups is 1. The lowest BCUT2D eigenvalue weighted by molar-refractivity contribution is 0.0540. The molecule has 17 heavy (non-hydrogen) atoms. The van der Waals surface area contributed by atoms with Crippen LogP contribution in [0.1, 0.15) is 22.8 Å². The number of esters is 1. The summed E-state index contributed by atoms with van der Waals surface area (Å²) in [6, 6.07) is 5.04. The van der Waals surface area contributed by atoms with Crippen molar-refractivity contribution in [3.05, 3.63) is 41.5 Å². The van der Waals surface area contributed by atoms with Gasteiger partial charge in [-0.3, -0.25) is 0 Å². The molecule has 88 valence electrons. The summed E-state index contributed by atoms with van der Waals surface area (Å²) >= 11 is 0. The Labute approximate surface area is 100 Å². The first kappa shape index (κ1) is 11.9. The predicted octanol–water partition coefficient (Wildman–Crippen LogP) is 0.637. The Kier molecular flexibility index (Phi) is 3.31. The lowest BCUT2D eigenvalue weighted by Crippen LogP contribution is -2.28. The van der Waals surface area contributed by atoms with Crippen molar-refractivity contribution in [1.82, 2.24) is 0 Å². The van der Waals surface area contributed by atoms with Crippen LogP contribution in [-0.4, -0.2) is 24.7 Å². The van der Waals surface area contributed by atoms with Gasteiger partial charge in [-0.15, -0.1) is 0 Å². The molecule has 0 aromatic heterocycles. The standard InChI is InChI=1S/C12H13BO4/c1-8(2)6-16-12(14)9-3-4-10-7-17-13(15)11(10)5-9/h3-5,15H,1,6-7H2,2H3. The topological polar surface area (TPSA) is 55.8 Å². The van der Waals surface area contributed by atoms with Crippen molar-refractivity contribution < 1.29 is 19.2 Å². The zero-order chi connectivity index (χ0) is 12.4. The first-order valence-corrected chi connectivity index (χ1v) is 5.32. The molecule has 0 saturated heterocycles. The van der Waals surface area contributed by atoms with Crippen LogP contribution in [0.25, 0.3) is 0 Å². The number of benzene rings is 1. The van der Waals surface area contributed by atoms with Gasteiger partial charge < -0.3 is 14.4 Å². The highest BCUT2D eigenvalue weighted by Gasteiger charge is 2.28. The van der Waals surface area contributed by atoms with Crippen molar-refractivity contribution >= 4 is 18.6 Å². The summed E-state index contributed by atoms with van der Waals surface area (Å²) in [6.07, 6.45) is 0. The molecule has 1 N–H and O–H groups in total. The summed E-state index contributed by atoms with van der Waals surface area (Å²) in [5, 5.41) is 9.52. The van der Waals surface area contributed by atoms with Crippen LogP contribution < -0.4 is 5.46 Å². The minimum absolute atomic E-state index is 0.203. The summed E-state index contributed by atoms with van der Waals surface area (Å²) < 4.78 is 10.1. The third-order valence-electron chi connectivity index (χ3n) is 2.49. The van der Waals surface area contributed by atoms with E-state index >= 15 is 0 Å². The van der Waals surface area contributed by atoms with Crippen LogP contribution in [0.3, 0.4) is 0 Å². The van der Waals surface area contributed by atoms with Crippen LogP contribution >= 0.6 is 0 Å². The molecule has 0 unspecified atom stereocenters. The van der Waals surface area contributed by atoms with Crippen LogP contribution in [-0.2, 0) is 16.0 Å². The van der Waals surface area contributed by atoms with Crippen molar-refractivity contribution in [2.24, 2.45) is 0 Å². The number of fused-ring (bicyclic) bond motifs is 1. The normalized spacial score (nSPS) is 13.4. The molecule has 1 heterocycles. The molecular weight excluding hydrogens is 219 g/mol. The van der Waals surface area contributed by atoms with E-state index in [4.69, 9.17) is 9.39 Å². The van der Waals surface area contributed by atoms with Crippen LogP contribution in [0, 0.1) is 0 Å². The van der Waals surface area contributed by atoms with Crippen molar-refractivity contribution in [2.45, 2.75) is 13.5 Å². The minimum Gasteiger partial charge on any atom is -0.458 e. The lowest BCUT2D eigenvalue weighted by Gasteiger charge is -2.05. The van der Waals surface area contributed by atoms with Gasteiger partial charge in [0.1, 0.15) is 6.61 Å². The summed E-state index contributed by atoms with van der Waals surface area (Å²) in [6.45, 7) is 6.01. The Balaban J connectivity index is 2.14. The smallest absolute Gasteiger partial charge is 0.458 e. The lowest BCUT2D eigenvalue weighted by atomic mass is 9.79. The molecule has 4 nitrogen and oxygen atoms in total. The van der Waals surface area contributed by atoms with E-state index in [1.54, 1.807) is 25.1 Å². The van der Waals surface area contributed by atoms with Gasteiger partial charge in [0.05, 0.1) is 12.2 Å². The molecule has 1 aromatic rings. The summed E-state index contributed by atoms with van der Waals surface area (Å²) in [5.41, 5.74) is 2.72. The number of hydrogen-bond donors (Lipinski definition) is 1. The maximum atomic E-state index is 11.7. The van der Waals surface area contributed by atoms with Crippen LogP contribution in [0.5, 0.6) is 0 Å². The zero-order valence-electron chi connectivity index (χ0n) is 9.60.